The first kappa shape index (κ1) is 14.4. The van der Waals surface area contributed by atoms with E-state index in [9.17, 15) is 13.2 Å². The van der Waals surface area contributed by atoms with Gasteiger partial charge in [-0.05, 0) is 20.9 Å². The Morgan fingerprint density at radius 1 is 1.47 bits per heavy atom. The normalized spacial score (nSPS) is 14.0. The van der Waals surface area contributed by atoms with E-state index in [1.807, 2.05) is 0 Å². The number of aromatic nitrogens is 1. The van der Waals surface area contributed by atoms with E-state index < -0.39 is 18.0 Å². The van der Waals surface area contributed by atoms with Gasteiger partial charge in [0.1, 0.15) is 11.1 Å². The van der Waals surface area contributed by atoms with Crippen LogP contribution in [0.2, 0.25) is 0 Å². The molecule has 17 heavy (non-hydrogen) atoms. The van der Waals surface area contributed by atoms with Crippen molar-refractivity contribution in [1.29, 1.82) is 0 Å². The quantitative estimate of drug-likeness (QED) is 0.891. The number of nitrogens with zero attached hydrogens (tertiary/aromatic N) is 1. The van der Waals surface area contributed by atoms with E-state index in [0.717, 1.165) is 11.3 Å². The van der Waals surface area contributed by atoms with Crippen LogP contribution in [0.3, 0.4) is 0 Å². The van der Waals surface area contributed by atoms with Gasteiger partial charge in [-0.15, -0.1) is 11.3 Å². The predicted molar refractivity (Wildman–Crippen MR) is 59.9 cm³/mol. The topological polar surface area (TPSA) is 34.1 Å². The maximum absolute atomic E-state index is 12.7. The molecule has 1 unspecified atom stereocenters. The largest absolute Gasteiger partial charge is 0.434 e. The van der Waals surface area contributed by atoms with Crippen molar-refractivity contribution in [2.75, 3.05) is 13.7 Å². The summed E-state index contributed by atoms with van der Waals surface area (Å²) in [6.45, 7) is 4.10. The van der Waals surface area contributed by atoms with Crippen LogP contribution in [0.5, 0.6) is 0 Å². The molecule has 1 aromatic rings. The van der Waals surface area contributed by atoms with Crippen LogP contribution in [0.25, 0.3) is 0 Å². The molecule has 0 radical (unpaired) electrons. The van der Waals surface area contributed by atoms with E-state index >= 15 is 0 Å². The van der Waals surface area contributed by atoms with Crippen LogP contribution in [0.1, 0.15) is 35.5 Å². The fourth-order valence-electron chi connectivity index (χ4n) is 1.37. The molecule has 0 fully saturated rings. The first-order chi connectivity index (χ1) is 7.90. The van der Waals surface area contributed by atoms with Crippen LogP contribution < -0.4 is 5.32 Å². The van der Waals surface area contributed by atoms with Gasteiger partial charge in [0.25, 0.3) is 0 Å². The predicted octanol–water partition coefficient (Wildman–Crippen LogP) is 2.98. The molecule has 98 valence electrons. The molecular weight excluding hydrogens is 253 g/mol. The first-order valence-corrected chi connectivity index (χ1v) is 6.04. The fourth-order valence-corrected chi connectivity index (χ4v) is 2.46. The highest BCUT2D eigenvalue weighted by Gasteiger charge is 2.37. The molecule has 0 bridgehead atoms. The molecule has 1 aromatic heterocycles. The Labute approximate surface area is 102 Å². The van der Waals surface area contributed by atoms with Crippen molar-refractivity contribution in [2.45, 2.75) is 32.7 Å². The molecule has 0 saturated carbocycles. The average molecular weight is 268 g/mol. The third-order valence-electron chi connectivity index (χ3n) is 2.08. The van der Waals surface area contributed by atoms with E-state index in [2.05, 4.69) is 10.3 Å². The van der Waals surface area contributed by atoms with E-state index in [-0.39, 0.29) is 11.4 Å². The van der Waals surface area contributed by atoms with Gasteiger partial charge in [0.2, 0.25) is 0 Å². The summed E-state index contributed by atoms with van der Waals surface area (Å²) >= 11 is 1.04. The highest BCUT2D eigenvalue weighted by Crippen LogP contribution is 2.36. The minimum Gasteiger partial charge on any atom is -0.372 e. The lowest BCUT2D eigenvalue weighted by Crippen LogP contribution is -2.13. The van der Waals surface area contributed by atoms with Crippen LogP contribution in [0.15, 0.2) is 0 Å². The van der Waals surface area contributed by atoms with Crippen molar-refractivity contribution in [3.8, 4) is 0 Å². The van der Waals surface area contributed by atoms with E-state index in [1.54, 1.807) is 20.9 Å². The number of hydrogen-bond acceptors (Lipinski definition) is 4. The Morgan fingerprint density at radius 3 is 2.59 bits per heavy atom. The molecule has 3 nitrogen and oxygen atoms in total. The maximum atomic E-state index is 12.7. The van der Waals surface area contributed by atoms with Crippen LogP contribution in [0.4, 0.5) is 13.2 Å². The summed E-state index contributed by atoms with van der Waals surface area (Å²) in [6, 6.07) is 0. The summed E-state index contributed by atoms with van der Waals surface area (Å²) in [5, 5.41) is 3.08. The Hall–Kier alpha value is -0.660. The second-order valence-corrected chi connectivity index (χ2v) is 4.56. The van der Waals surface area contributed by atoms with Gasteiger partial charge in [0, 0.05) is 13.2 Å². The zero-order chi connectivity index (χ0) is 13.1. The van der Waals surface area contributed by atoms with Crippen molar-refractivity contribution >= 4 is 11.3 Å². The lowest BCUT2D eigenvalue weighted by atomic mass is 10.3. The SMILES string of the molecule is CCOC(C)c1nc(C(F)(F)F)c(CNC)s1. The molecule has 0 spiro atoms. The molecule has 7 heteroatoms. The summed E-state index contributed by atoms with van der Waals surface area (Å²) in [5.41, 5.74) is -0.807. The second kappa shape index (κ2) is 5.79. The van der Waals surface area contributed by atoms with Crippen molar-refractivity contribution in [2.24, 2.45) is 0 Å². The minimum absolute atomic E-state index is 0.158. The molecule has 0 aliphatic rings. The summed E-state index contributed by atoms with van der Waals surface area (Å²) in [7, 11) is 1.60. The van der Waals surface area contributed by atoms with Gasteiger partial charge in [-0.1, -0.05) is 0 Å². The third-order valence-corrected chi connectivity index (χ3v) is 3.30. The van der Waals surface area contributed by atoms with E-state index in [1.165, 1.54) is 0 Å². The lowest BCUT2D eigenvalue weighted by Gasteiger charge is -2.07. The number of halogens is 3. The van der Waals surface area contributed by atoms with Crippen molar-refractivity contribution in [1.82, 2.24) is 10.3 Å². The van der Waals surface area contributed by atoms with Gasteiger partial charge >= 0.3 is 6.18 Å². The standard InChI is InChI=1S/C10H15F3N2OS/c1-4-16-6(2)9-15-8(10(11,12)13)7(17-9)5-14-3/h6,14H,4-5H2,1-3H3. The molecule has 0 aliphatic carbocycles. The molecular formula is C10H15F3N2OS. The molecule has 0 aromatic carbocycles. The number of nitrogens with one attached hydrogen (secondary N) is 1. The number of rotatable bonds is 5. The summed E-state index contributed by atoms with van der Waals surface area (Å²) in [6.07, 6.45) is -4.82. The molecule has 0 saturated heterocycles. The Kier molecular flexibility index (Phi) is 4.91. The zero-order valence-corrected chi connectivity index (χ0v) is 10.7. The van der Waals surface area contributed by atoms with Crippen LogP contribution in [-0.2, 0) is 17.5 Å². The van der Waals surface area contributed by atoms with Gasteiger partial charge in [-0.2, -0.15) is 13.2 Å². The van der Waals surface area contributed by atoms with Gasteiger partial charge in [0.05, 0.1) is 4.88 Å². The molecule has 0 aliphatic heterocycles. The van der Waals surface area contributed by atoms with Crippen LogP contribution >= 0.6 is 11.3 Å². The number of alkyl halides is 3. The summed E-state index contributed by atoms with van der Waals surface area (Å²) in [5.74, 6) is 0. The third kappa shape index (κ3) is 3.65. The minimum atomic E-state index is -4.41. The Bertz CT molecular complexity index is 365. The Morgan fingerprint density at radius 2 is 2.12 bits per heavy atom. The number of ether oxygens (including phenoxy) is 1. The fraction of sp³-hybridized carbons (Fsp3) is 0.700. The maximum Gasteiger partial charge on any atom is 0.434 e. The molecule has 1 rings (SSSR count). The van der Waals surface area contributed by atoms with Gasteiger partial charge < -0.3 is 10.1 Å². The molecule has 1 atom stereocenters. The van der Waals surface area contributed by atoms with Crippen molar-refractivity contribution in [3.63, 3.8) is 0 Å². The highest BCUT2D eigenvalue weighted by molar-refractivity contribution is 7.11. The van der Waals surface area contributed by atoms with Gasteiger partial charge in [-0.3, -0.25) is 0 Å². The molecule has 1 heterocycles. The van der Waals surface area contributed by atoms with Crippen LogP contribution in [0, 0.1) is 0 Å². The summed E-state index contributed by atoms with van der Waals surface area (Å²) < 4.78 is 43.4. The molecule has 1 N–H and O–H groups in total. The van der Waals surface area contributed by atoms with Crippen LogP contribution in [-0.4, -0.2) is 18.6 Å². The van der Waals surface area contributed by atoms with Crippen molar-refractivity contribution in [3.05, 3.63) is 15.6 Å². The average Bonchev–Trinajstić information content (AvgIpc) is 2.62. The zero-order valence-electron chi connectivity index (χ0n) is 9.89. The second-order valence-electron chi connectivity index (χ2n) is 3.45. The highest BCUT2D eigenvalue weighted by atomic mass is 32.1. The molecule has 0 amide bonds. The summed E-state index contributed by atoms with van der Waals surface area (Å²) in [4.78, 5) is 3.84. The smallest absolute Gasteiger partial charge is 0.372 e. The van der Waals surface area contributed by atoms with Crippen molar-refractivity contribution < 1.29 is 17.9 Å². The monoisotopic (exact) mass is 268 g/mol. The van der Waals surface area contributed by atoms with E-state index in [0.29, 0.717) is 11.6 Å². The first-order valence-electron chi connectivity index (χ1n) is 5.23. The lowest BCUT2D eigenvalue weighted by molar-refractivity contribution is -0.141. The van der Waals surface area contributed by atoms with E-state index in [4.69, 9.17) is 4.74 Å². The van der Waals surface area contributed by atoms with Gasteiger partial charge in [-0.25, -0.2) is 4.98 Å². The van der Waals surface area contributed by atoms with Gasteiger partial charge in [0.15, 0.2) is 5.69 Å². The number of thiazole rings is 1. The Balaban J connectivity index is 3.03. The number of hydrogen-bond donors (Lipinski definition) is 1.